The van der Waals surface area contributed by atoms with Crippen LogP contribution in [-0.2, 0) is 4.79 Å². The molecule has 0 bridgehead atoms. The van der Waals surface area contributed by atoms with Crippen molar-refractivity contribution in [3.8, 4) is 11.5 Å². The molecule has 0 heterocycles. The minimum atomic E-state index is -0.186. The van der Waals surface area contributed by atoms with Crippen molar-refractivity contribution in [1.29, 1.82) is 0 Å². The van der Waals surface area contributed by atoms with Crippen molar-refractivity contribution in [1.82, 2.24) is 5.43 Å². The van der Waals surface area contributed by atoms with Gasteiger partial charge in [0.15, 0.2) is 11.5 Å². The quantitative estimate of drug-likeness (QED) is 0.204. The molecule has 150 valence electrons. The van der Waals surface area contributed by atoms with Crippen LogP contribution in [0.1, 0.15) is 25.8 Å². The summed E-state index contributed by atoms with van der Waals surface area (Å²) in [6.07, 6.45) is 2.59. The highest BCUT2D eigenvalue weighted by molar-refractivity contribution is 14.1. The molecule has 1 N–H and O–H groups in total. The maximum absolute atomic E-state index is 12.0. The number of ether oxygens (including phenoxy) is 2. The minimum Gasteiger partial charge on any atom is -0.493 e. The summed E-state index contributed by atoms with van der Waals surface area (Å²) < 4.78 is 12.3. The summed E-state index contributed by atoms with van der Waals surface area (Å²) in [6.45, 7) is 4.08. The molecule has 1 atom stereocenters. The van der Waals surface area contributed by atoms with Gasteiger partial charge < -0.3 is 9.47 Å². The first-order valence-corrected chi connectivity index (χ1v) is 11.1. The average Bonchev–Trinajstić information content (AvgIpc) is 2.69. The Morgan fingerprint density at radius 2 is 2.07 bits per heavy atom. The molecule has 0 saturated heterocycles. The van der Waals surface area contributed by atoms with Crippen LogP contribution in [0.3, 0.4) is 0 Å². The fraction of sp³-hybridized carbons (Fsp3) is 0.300. The first kappa shape index (κ1) is 22.8. The first-order chi connectivity index (χ1) is 13.4. The van der Waals surface area contributed by atoms with Gasteiger partial charge in [0.25, 0.3) is 0 Å². The minimum absolute atomic E-state index is 0.0966. The highest BCUT2D eigenvalue weighted by atomic mass is 127. The molecule has 2 aromatic rings. The maximum Gasteiger partial charge on any atom is 0.250 e. The molecule has 5 nitrogen and oxygen atoms in total. The van der Waals surface area contributed by atoms with Crippen LogP contribution in [0.25, 0.3) is 0 Å². The third kappa shape index (κ3) is 7.18. The third-order valence-electron chi connectivity index (χ3n) is 3.73. The van der Waals surface area contributed by atoms with E-state index in [2.05, 4.69) is 40.0 Å². The SMILES string of the molecule is CC[C@H](C)Oc1c(I)cc(/C=N\NC(=O)CSc2ccc(Cl)cc2)cc1OC. The van der Waals surface area contributed by atoms with Crippen LogP contribution < -0.4 is 14.9 Å². The number of hydrogen-bond acceptors (Lipinski definition) is 5. The molecule has 0 aromatic heterocycles. The number of carbonyl (C=O) groups excluding carboxylic acids is 1. The van der Waals surface area contributed by atoms with E-state index in [1.165, 1.54) is 11.8 Å². The van der Waals surface area contributed by atoms with Crippen molar-refractivity contribution in [2.45, 2.75) is 31.3 Å². The Labute approximate surface area is 188 Å². The number of nitrogens with one attached hydrogen (secondary N) is 1. The Kier molecular flexibility index (Phi) is 9.40. The highest BCUT2D eigenvalue weighted by Crippen LogP contribution is 2.34. The van der Waals surface area contributed by atoms with E-state index in [-0.39, 0.29) is 17.8 Å². The van der Waals surface area contributed by atoms with E-state index in [4.69, 9.17) is 21.1 Å². The van der Waals surface area contributed by atoms with Crippen LogP contribution in [0, 0.1) is 3.57 Å². The second-order valence-electron chi connectivity index (χ2n) is 5.91. The van der Waals surface area contributed by atoms with Gasteiger partial charge in [-0.15, -0.1) is 11.8 Å². The Hall–Kier alpha value is -1.45. The zero-order chi connectivity index (χ0) is 20.5. The second kappa shape index (κ2) is 11.5. The van der Waals surface area contributed by atoms with E-state index in [1.807, 2.05) is 31.2 Å². The number of halogens is 2. The lowest BCUT2D eigenvalue weighted by atomic mass is 10.2. The lowest BCUT2D eigenvalue weighted by molar-refractivity contribution is -0.118. The van der Waals surface area contributed by atoms with Gasteiger partial charge in [0.05, 0.1) is 28.8 Å². The summed E-state index contributed by atoms with van der Waals surface area (Å²) in [6, 6.07) is 11.1. The number of nitrogens with zero attached hydrogens (tertiary/aromatic N) is 1. The molecule has 0 aliphatic rings. The topological polar surface area (TPSA) is 59.9 Å². The Bertz CT molecular complexity index is 831. The molecule has 8 heteroatoms. The van der Waals surface area contributed by atoms with Crippen molar-refractivity contribution in [3.05, 3.63) is 50.6 Å². The number of methoxy groups -OCH3 is 1. The highest BCUT2D eigenvalue weighted by Gasteiger charge is 2.13. The van der Waals surface area contributed by atoms with E-state index >= 15 is 0 Å². The Morgan fingerprint density at radius 3 is 2.71 bits per heavy atom. The summed E-state index contributed by atoms with van der Waals surface area (Å²) in [5.41, 5.74) is 3.34. The van der Waals surface area contributed by atoms with Gasteiger partial charge in [-0.2, -0.15) is 5.10 Å². The summed E-state index contributed by atoms with van der Waals surface area (Å²) >= 11 is 9.48. The van der Waals surface area contributed by atoms with Crippen molar-refractivity contribution < 1.29 is 14.3 Å². The zero-order valence-corrected chi connectivity index (χ0v) is 19.6. The normalized spacial score (nSPS) is 12.0. The van der Waals surface area contributed by atoms with E-state index in [9.17, 15) is 4.79 Å². The van der Waals surface area contributed by atoms with Crippen LogP contribution in [0.5, 0.6) is 11.5 Å². The predicted octanol–water partition coefficient (Wildman–Crippen LogP) is 5.37. The molecular formula is C20H22ClIN2O3S. The number of rotatable bonds is 9. The molecule has 0 unspecified atom stereocenters. The van der Waals surface area contributed by atoms with Crippen LogP contribution in [0.4, 0.5) is 0 Å². The number of hydrogen-bond donors (Lipinski definition) is 1. The molecular weight excluding hydrogens is 511 g/mol. The van der Waals surface area contributed by atoms with Crippen LogP contribution in [-0.4, -0.2) is 31.1 Å². The summed E-state index contributed by atoms with van der Waals surface area (Å²) in [7, 11) is 1.60. The Morgan fingerprint density at radius 1 is 1.36 bits per heavy atom. The van der Waals surface area contributed by atoms with E-state index in [0.29, 0.717) is 10.8 Å². The first-order valence-electron chi connectivity index (χ1n) is 8.67. The van der Waals surface area contributed by atoms with Gasteiger partial charge in [0.1, 0.15) is 0 Å². The molecule has 0 aliphatic heterocycles. The van der Waals surface area contributed by atoms with Gasteiger partial charge in [0, 0.05) is 9.92 Å². The van der Waals surface area contributed by atoms with E-state index < -0.39 is 0 Å². The molecule has 28 heavy (non-hydrogen) atoms. The van der Waals surface area contributed by atoms with Crippen LogP contribution in [0.2, 0.25) is 5.02 Å². The average molecular weight is 533 g/mol. The number of hydrazone groups is 1. The van der Waals surface area contributed by atoms with Gasteiger partial charge in [-0.05, 0) is 77.9 Å². The van der Waals surface area contributed by atoms with Crippen LogP contribution in [0.15, 0.2) is 46.4 Å². The van der Waals surface area contributed by atoms with Crippen molar-refractivity contribution in [2.75, 3.05) is 12.9 Å². The Balaban J connectivity index is 1.94. The molecule has 0 radical (unpaired) electrons. The molecule has 0 fully saturated rings. The number of benzene rings is 2. The van der Waals surface area contributed by atoms with Gasteiger partial charge in [-0.25, -0.2) is 5.43 Å². The van der Waals surface area contributed by atoms with Crippen LogP contribution >= 0.6 is 46.0 Å². The van der Waals surface area contributed by atoms with Gasteiger partial charge in [-0.3, -0.25) is 4.79 Å². The van der Waals surface area contributed by atoms with E-state index in [0.717, 1.165) is 26.2 Å². The molecule has 2 aromatic carbocycles. The molecule has 0 aliphatic carbocycles. The smallest absolute Gasteiger partial charge is 0.250 e. The summed E-state index contributed by atoms with van der Waals surface area (Å²) in [4.78, 5) is 12.9. The summed E-state index contributed by atoms with van der Waals surface area (Å²) in [5.74, 6) is 1.44. The zero-order valence-electron chi connectivity index (χ0n) is 15.9. The number of carbonyl (C=O) groups is 1. The van der Waals surface area contributed by atoms with Crippen molar-refractivity contribution in [2.24, 2.45) is 5.10 Å². The fourth-order valence-corrected chi connectivity index (χ4v) is 3.67. The van der Waals surface area contributed by atoms with Crippen molar-refractivity contribution in [3.63, 3.8) is 0 Å². The molecule has 2 rings (SSSR count). The third-order valence-corrected chi connectivity index (χ3v) is 5.80. The standard InChI is InChI=1S/C20H22ClIN2O3S/c1-4-13(2)27-20-17(22)9-14(10-18(20)26-3)11-23-24-19(25)12-28-16-7-5-15(21)6-8-16/h5-11,13H,4,12H2,1-3H3,(H,24,25)/b23-11-/t13-/m0/s1. The van der Waals surface area contributed by atoms with E-state index in [1.54, 1.807) is 25.5 Å². The molecule has 1 amide bonds. The van der Waals surface area contributed by atoms with Gasteiger partial charge >= 0.3 is 0 Å². The largest absolute Gasteiger partial charge is 0.493 e. The predicted molar refractivity (Wildman–Crippen MR) is 124 cm³/mol. The monoisotopic (exact) mass is 532 g/mol. The lowest BCUT2D eigenvalue weighted by Crippen LogP contribution is -2.19. The number of amides is 1. The lowest BCUT2D eigenvalue weighted by Gasteiger charge is -2.17. The summed E-state index contributed by atoms with van der Waals surface area (Å²) in [5, 5.41) is 4.70. The second-order valence-corrected chi connectivity index (χ2v) is 8.55. The van der Waals surface area contributed by atoms with Crippen molar-refractivity contribution >= 4 is 58.1 Å². The molecule has 0 spiro atoms. The number of thioether (sulfide) groups is 1. The fourth-order valence-electron chi connectivity index (χ4n) is 2.10. The molecule has 0 saturated carbocycles. The van der Waals surface area contributed by atoms with Gasteiger partial charge in [-0.1, -0.05) is 18.5 Å². The van der Waals surface area contributed by atoms with Gasteiger partial charge in [0.2, 0.25) is 5.91 Å². The maximum atomic E-state index is 12.0.